The number of ether oxygens (including phenoxy) is 1. The van der Waals surface area contributed by atoms with Crippen LogP contribution in [0.15, 0.2) is 29.3 Å². The number of aliphatic imine (C=N–C) groups is 1. The van der Waals surface area contributed by atoms with Crippen LogP contribution < -0.4 is 16.0 Å². The normalized spacial score (nSPS) is 11.2. The largest absolute Gasteiger partial charge is 0.382 e. The maximum Gasteiger partial charge on any atom is 0.251 e. The molecule has 0 spiro atoms. The summed E-state index contributed by atoms with van der Waals surface area (Å²) >= 11 is 0. The van der Waals surface area contributed by atoms with Crippen LogP contribution in [-0.2, 0) is 11.3 Å². The van der Waals surface area contributed by atoms with Crippen LogP contribution in [0.3, 0.4) is 0 Å². The van der Waals surface area contributed by atoms with Gasteiger partial charge in [-0.05, 0) is 38.0 Å². The molecule has 23 heavy (non-hydrogen) atoms. The van der Waals surface area contributed by atoms with E-state index in [0.717, 1.165) is 44.2 Å². The van der Waals surface area contributed by atoms with Gasteiger partial charge in [0, 0.05) is 38.9 Å². The second-order valence-electron chi connectivity index (χ2n) is 4.95. The summed E-state index contributed by atoms with van der Waals surface area (Å²) in [4.78, 5) is 16.2. The molecule has 0 saturated heterocycles. The monoisotopic (exact) mass is 320 g/mol. The molecule has 1 amide bonds. The molecule has 0 fully saturated rings. The number of hydrogen-bond donors (Lipinski definition) is 3. The number of carbonyl (C=O) groups excluding carboxylic acids is 1. The molecule has 0 aliphatic carbocycles. The fourth-order valence-electron chi connectivity index (χ4n) is 1.99. The Balaban J connectivity index is 2.57. The van der Waals surface area contributed by atoms with Gasteiger partial charge in [0.25, 0.3) is 5.91 Å². The third-order valence-electron chi connectivity index (χ3n) is 3.14. The van der Waals surface area contributed by atoms with Gasteiger partial charge in [-0.25, -0.2) is 4.99 Å². The Kier molecular flexibility index (Phi) is 9.47. The minimum absolute atomic E-state index is 0.0863. The highest BCUT2D eigenvalue weighted by Crippen LogP contribution is 2.06. The van der Waals surface area contributed by atoms with Crippen LogP contribution in [0, 0.1) is 0 Å². The number of amides is 1. The number of nitrogens with zero attached hydrogens (tertiary/aromatic N) is 1. The molecular formula is C17H28N4O2. The molecule has 1 rings (SSSR count). The van der Waals surface area contributed by atoms with Crippen molar-refractivity contribution in [2.45, 2.75) is 26.8 Å². The lowest BCUT2D eigenvalue weighted by atomic mass is 10.1. The fourth-order valence-corrected chi connectivity index (χ4v) is 1.99. The second-order valence-corrected chi connectivity index (χ2v) is 4.95. The van der Waals surface area contributed by atoms with Crippen molar-refractivity contribution in [2.75, 3.05) is 33.4 Å². The van der Waals surface area contributed by atoms with E-state index in [1.807, 2.05) is 32.0 Å². The molecule has 0 aliphatic heterocycles. The van der Waals surface area contributed by atoms with Crippen molar-refractivity contribution in [1.82, 2.24) is 16.0 Å². The zero-order chi connectivity index (χ0) is 16.9. The Morgan fingerprint density at radius 1 is 1.26 bits per heavy atom. The molecular weight excluding hydrogens is 292 g/mol. The van der Waals surface area contributed by atoms with Crippen LogP contribution in [0.4, 0.5) is 0 Å². The molecule has 1 aromatic rings. The van der Waals surface area contributed by atoms with Crippen LogP contribution in [0.5, 0.6) is 0 Å². The molecule has 0 atom stereocenters. The number of guanidine groups is 1. The molecule has 1 aromatic carbocycles. The van der Waals surface area contributed by atoms with E-state index in [9.17, 15) is 4.79 Å². The minimum atomic E-state index is -0.0863. The van der Waals surface area contributed by atoms with E-state index in [1.54, 1.807) is 13.1 Å². The Labute approximate surface area is 138 Å². The van der Waals surface area contributed by atoms with Gasteiger partial charge in [0.2, 0.25) is 0 Å². The van der Waals surface area contributed by atoms with Gasteiger partial charge >= 0.3 is 0 Å². The van der Waals surface area contributed by atoms with Gasteiger partial charge in [0.1, 0.15) is 0 Å². The highest BCUT2D eigenvalue weighted by Gasteiger charge is 2.03. The topological polar surface area (TPSA) is 74.8 Å². The second kappa shape index (κ2) is 11.5. The summed E-state index contributed by atoms with van der Waals surface area (Å²) in [6.07, 6.45) is 0.935. The molecule has 128 valence electrons. The first-order valence-electron chi connectivity index (χ1n) is 8.12. The van der Waals surface area contributed by atoms with Crippen LogP contribution in [-0.4, -0.2) is 45.2 Å². The molecule has 0 bridgehead atoms. The molecule has 0 aliphatic rings. The van der Waals surface area contributed by atoms with Crippen molar-refractivity contribution in [3.63, 3.8) is 0 Å². The number of benzene rings is 1. The van der Waals surface area contributed by atoms with Crippen molar-refractivity contribution in [1.29, 1.82) is 0 Å². The Morgan fingerprint density at radius 2 is 2.09 bits per heavy atom. The number of rotatable bonds is 9. The lowest BCUT2D eigenvalue weighted by molar-refractivity contribution is 0.0963. The van der Waals surface area contributed by atoms with Crippen molar-refractivity contribution in [2.24, 2.45) is 4.99 Å². The predicted molar refractivity (Wildman–Crippen MR) is 93.8 cm³/mol. The van der Waals surface area contributed by atoms with Crippen LogP contribution in [0.25, 0.3) is 0 Å². The summed E-state index contributed by atoms with van der Waals surface area (Å²) in [7, 11) is 1.63. The van der Waals surface area contributed by atoms with Crippen LogP contribution >= 0.6 is 0 Å². The van der Waals surface area contributed by atoms with Crippen molar-refractivity contribution in [3.05, 3.63) is 35.4 Å². The summed E-state index contributed by atoms with van der Waals surface area (Å²) in [5.41, 5.74) is 1.65. The third-order valence-corrected chi connectivity index (χ3v) is 3.14. The molecule has 0 aromatic heterocycles. The van der Waals surface area contributed by atoms with E-state index in [4.69, 9.17) is 4.74 Å². The van der Waals surface area contributed by atoms with E-state index in [2.05, 4.69) is 20.9 Å². The average molecular weight is 320 g/mol. The van der Waals surface area contributed by atoms with Gasteiger partial charge in [0.15, 0.2) is 5.96 Å². The highest BCUT2D eigenvalue weighted by molar-refractivity contribution is 5.94. The maximum absolute atomic E-state index is 11.7. The van der Waals surface area contributed by atoms with E-state index < -0.39 is 0 Å². The molecule has 6 nitrogen and oxygen atoms in total. The molecule has 0 heterocycles. The molecule has 6 heteroatoms. The molecule has 3 N–H and O–H groups in total. The van der Waals surface area contributed by atoms with Crippen molar-refractivity contribution < 1.29 is 9.53 Å². The SMILES string of the molecule is CCNC(=NCc1cccc(C(=O)NC)c1)NCCCOCC. The van der Waals surface area contributed by atoms with Gasteiger partial charge in [-0.15, -0.1) is 0 Å². The Morgan fingerprint density at radius 3 is 2.78 bits per heavy atom. The van der Waals surface area contributed by atoms with Gasteiger partial charge in [-0.1, -0.05) is 12.1 Å². The van der Waals surface area contributed by atoms with E-state index in [0.29, 0.717) is 12.1 Å². The van der Waals surface area contributed by atoms with Gasteiger partial charge in [0.05, 0.1) is 6.54 Å². The van der Waals surface area contributed by atoms with Crippen LogP contribution in [0.2, 0.25) is 0 Å². The highest BCUT2D eigenvalue weighted by atomic mass is 16.5. The van der Waals surface area contributed by atoms with Gasteiger partial charge in [-0.3, -0.25) is 4.79 Å². The first-order chi connectivity index (χ1) is 11.2. The molecule has 0 radical (unpaired) electrons. The molecule has 0 saturated carbocycles. The van der Waals surface area contributed by atoms with Crippen molar-refractivity contribution in [3.8, 4) is 0 Å². The summed E-state index contributed by atoms with van der Waals surface area (Å²) in [5, 5.41) is 9.12. The Hall–Kier alpha value is -2.08. The smallest absolute Gasteiger partial charge is 0.251 e. The number of carbonyl (C=O) groups is 1. The molecule has 0 unspecified atom stereocenters. The zero-order valence-electron chi connectivity index (χ0n) is 14.3. The average Bonchev–Trinajstić information content (AvgIpc) is 2.59. The summed E-state index contributed by atoms with van der Waals surface area (Å²) < 4.78 is 5.31. The standard InChI is InChI=1S/C17H28N4O2/c1-4-19-17(20-10-7-11-23-5-2)21-13-14-8-6-9-15(12-14)16(22)18-3/h6,8-9,12H,4-5,7,10-11,13H2,1-3H3,(H,18,22)(H2,19,20,21). The summed E-state index contributed by atoms with van der Waals surface area (Å²) in [5.74, 6) is 0.686. The predicted octanol–water partition coefficient (Wildman–Crippen LogP) is 1.53. The van der Waals surface area contributed by atoms with E-state index in [1.165, 1.54) is 0 Å². The van der Waals surface area contributed by atoms with E-state index in [-0.39, 0.29) is 5.91 Å². The third kappa shape index (κ3) is 7.65. The lowest BCUT2D eigenvalue weighted by Gasteiger charge is -2.11. The van der Waals surface area contributed by atoms with Gasteiger partial charge in [-0.2, -0.15) is 0 Å². The maximum atomic E-state index is 11.7. The number of nitrogens with one attached hydrogen (secondary N) is 3. The zero-order valence-corrected chi connectivity index (χ0v) is 14.3. The van der Waals surface area contributed by atoms with Gasteiger partial charge < -0.3 is 20.7 Å². The summed E-state index contributed by atoms with van der Waals surface area (Å²) in [6, 6.07) is 7.50. The quantitative estimate of drug-likeness (QED) is 0.366. The number of hydrogen-bond acceptors (Lipinski definition) is 3. The Bertz CT molecular complexity index is 503. The van der Waals surface area contributed by atoms with E-state index >= 15 is 0 Å². The first-order valence-corrected chi connectivity index (χ1v) is 8.12. The fraction of sp³-hybridized carbons (Fsp3) is 0.529. The summed E-state index contributed by atoms with van der Waals surface area (Å²) in [6.45, 7) is 7.65. The first kappa shape index (κ1) is 19.0. The minimum Gasteiger partial charge on any atom is -0.382 e. The van der Waals surface area contributed by atoms with Crippen molar-refractivity contribution >= 4 is 11.9 Å². The van der Waals surface area contributed by atoms with Crippen LogP contribution in [0.1, 0.15) is 36.2 Å². The lowest BCUT2D eigenvalue weighted by Crippen LogP contribution is -2.38.